The van der Waals surface area contributed by atoms with Crippen LogP contribution in [0.4, 0.5) is 17.6 Å². The van der Waals surface area contributed by atoms with Gasteiger partial charge in [0.2, 0.25) is 0 Å². The van der Waals surface area contributed by atoms with Crippen molar-refractivity contribution < 1.29 is 37.3 Å². The van der Waals surface area contributed by atoms with Crippen LogP contribution >= 0.6 is 11.8 Å². The number of aliphatic hydroxyl groups excluding tert-OH is 1. The van der Waals surface area contributed by atoms with Crippen LogP contribution in [0.3, 0.4) is 0 Å². The van der Waals surface area contributed by atoms with E-state index in [2.05, 4.69) is 9.88 Å². The summed E-state index contributed by atoms with van der Waals surface area (Å²) in [5.41, 5.74) is 1.50. The molecule has 216 valence electrons. The lowest BCUT2D eigenvalue weighted by molar-refractivity contribution is -0.139. The van der Waals surface area contributed by atoms with Crippen molar-refractivity contribution in [3.05, 3.63) is 65.4 Å². The van der Waals surface area contributed by atoms with Gasteiger partial charge in [-0.3, -0.25) is 9.78 Å². The zero-order chi connectivity index (χ0) is 28.8. The SMILES string of the molecule is COc1ccc2nccc([C@@H](O)CC[C@@H]3CCN(CCCSc4c(F)cc(F)c(F)c4F)C[C@@H]3CC(=O)O)c2c1. The van der Waals surface area contributed by atoms with Gasteiger partial charge < -0.3 is 19.8 Å². The highest BCUT2D eigenvalue weighted by Gasteiger charge is 2.31. The van der Waals surface area contributed by atoms with E-state index in [0.29, 0.717) is 49.9 Å². The topological polar surface area (TPSA) is 82.9 Å². The number of rotatable bonds is 12. The maximum Gasteiger partial charge on any atom is 0.303 e. The average Bonchev–Trinajstić information content (AvgIpc) is 2.94. The summed E-state index contributed by atoms with van der Waals surface area (Å²) in [5.74, 6) is -5.83. The van der Waals surface area contributed by atoms with Gasteiger partial charge in [-0.25, -0.2) is 17.6 Å². The van der Waals surface area contributed by atoms with Crippen LogP contribution < -0.4 is 4.74 Å². The lowest BCUT2D eigenvalue weighted by Gasteiger charge is -2.38. The first kappa shape index (κ1) is 30.1. The molecule has 6 nitrogen and oxygen atoms in total. The van der Waals surface area contributed by atoms with Crippen LogP contribution in [-0.4, -0.2) is 58.6 Å². The Morgan fingerprint density at radius 1 is 1.15 bits per heavy atom. The highest BCUT2D eigenvalue weighted by Crippen LogP contribution is 2.35. The highest BCUT2D eigenvalue weighted by molar-refractivity contribution is 7.99. The fourth-order valence-electron chi connectivity index (χ4n) is 5.43. The number of methoxy groups -OCH3 is 1. The number of aliphatic carboxylic acids is 1. The number of hydrogen-bond donors (Lipinski definition) is 2. The number of hydrogen-bond acceptors (Lipinski definition) is 6. The summed E-state index contributed by atoms with van der Waals surface area (Å²) in [7, 11) is 1.58. The number of carbonyl (C=O) groups is 1. The van der Waals surface area contributed by atoms with Crippen LogP contribution in [0.25, 0.3) is 10.9 Å². The number of likely N-dealkylation sites (tertiary alicyclic amines) is 1. The van der Waals surface area contributed by atoms with Gasteiger partial charge in [-0.15, -0.1) is 11.8 Å². The molecule has 4 rings (SSSR count). The predicted octanol–water partition coefficient (Wildman–Crippen LogP) is 6.21. The van der Waals surface area contributed by atoms with Gasteiger partial charge in [0, 0.05) is 30.6 Å². The molecule has 2 heterocycles. The Kier molecular flexibility index (Phi) is 10.3. The number of benzene rings is 2. The number of nitrogens with zero attached hydrogens (tertiary/aromatic N) is 2. The molecule has 0 radical (unpaired) electrons. The standard InChI is InChI=1S/C29H32F4N2O4S/c1-39-19-4-5-24-21(14-19)20(7-9-34-24)25(36)6-3-17-8-11-35(16-18(17)13-26(37)38)10-2-12-40-29-23(31)15-22(30)27(32)28(29)33/h4-5,7,9,14-15,17-18,25,36H,2-3,6,8,10-13,16H2,1H3,(H,37,38)/t17-,18+,25+/m1/s1. The number of aromatic nitrogens is 1. The molecule has 0 bridgehead atoms. The molecule has 0 amide bonds. The normalized spacial score (nSPS) is 18.6. The number of carboxylic acid groups (broad SMARTS) is 1. The van der Waals surface area contributed by atoms with Gasteiger partial charge >= 0.3 is 5.97 Å². The van der Waals surface area contributed by atoms with Crippen LogP contribution in [0.1, 0.15) is 43.8 Å². The van der Waals surface area contributed by atoms with Gasteiger partial charge in [-0.2, -0.15) is 0 Å². The van der Waals surface area contributed by atoms with Crippen molar-refractivity contribution in [1.29, 1.82) is 0 Å². The molecule has 2 N–H and O–H groups in total. The van der Waals surface area contributed by atoms with Crippen molar-refractivity contribution in [2.45, 2.75) is 43.1 Å². The number of ether oxygens (including phenoxy) is 1. The first-order valence-corrected chi connectivity index (χ1v) is 14.2. The quantitative estimate of drug-likeness (QED) is 0.0867. The predicted molar refractivity (Wildman–Crippen MR) is 144 cm³/mol. The van der Waals surface area contributed by atoms with Crippen LogP contribution in [0.15, 0.2) is 41.4 Å². The van der Waals surface area contributed by atoms with Crippen LogP contribution in [0.5, 0.6) is 5.75 Å². The first-order valence-electron chi connectivity index (χ1n) is 13.2. The molecular weight excluding hydrogens is 548 g/mol. The molecule has 40 heavy (non-hydrogen) atoms. The maximum absolute atomic E-state index is 13.9. The molecule has 0 unspecified atom stereocenters. The molecular formula is C29H32F4N2O4S. The van der Waals surface area contributed by atoms with Crippen molar-refractivity contribution >= 4 is 28.6 Å². The minimum absolute atomic E-state index is 0.00662. The monoisotopic (exact) mass is 580 g/mol. The van der Waals surface area contributed by atoms with Gasteiger partial charge in [0.05, 0.1) is 23.6 Å². The summed E-state index contributed by atoms with van der Waals surface area (Å²) in [6.45, 7) is 1.86. The molecule has 11 heteroatoms. The highest BCUT2D eigenvalue weighted by atomic mass is 32.2. The van der Waals surface area contributed by atoms with E-state index < -0.39 is 40.2 Å². The molecule has 1 aliphatic rings. The molecule has 1 fully saturated rings. The molecule has 2 aromatic carbocycles. The Bertz CT molecular complexity index is 1350. The Labute approximate surface area is 234 Å². The zero-order valence-corrected chi connectivity index (χ0v) is 22.9. The van der Waals surface area contributed by atoms with E-state index in [4.69, 9.17) is 4.74 Å². The molecule has 1 aromatic heterocycles. The fourth-order valence-corrected chi connectivity index (χ4v) is 6.32. The minimum Gasteiger partial charge on any atom is -0.497 e. The number of aliphatic hydroxyl groups is 1. The Morgan fingerprint density at radius 3 is 2.70 bits per heavy atom. The molecule has 0 aliphatic carbocycles. The number of fused-ring (bicyclic) bond motifs is 1. The number of halogens is 4. The van der Waals surface area contributed by atoms with E-state index in [9.17, 15) is 32.6 Å². The third kappa shape index (κ3) is 7.24. The van der Waals surface area contributed by atoms with Gasteiger partial charge in [-0.1, -0.05) is 0 Å². The lowest BCUT2D eigenvalue weighted by Crippen LogP contribution is -2.42. The molecule has 1 aliphatic heterocycles. The Hall–Kier alpha value is -2.89. The van der Waals surface area contributed by atoms with E-state index in [0.717, 1.165) is 41.2 Å². The molecule has 1 saturated heterocycles. The summed E-state index contributed by atoms with van der Waals surface area (Å²) < 4.78 is 59.7. The summed E-state index contributed by atoms with van der Waals surface area (Å²) in [4.78, 5) is 17.5. The summed E-state index contributed by atoms with van der Waals surface area (Å²) in [5, 5.41) is 21.4. The molecule has 0 spiro atoms. The number of carboxylic acids is 1. The van der Waals surface area contributed by atoms with Crippen molar-refractivity contribution in [3.8, 4) is 5.75 Å². The fraction of sp³-hybridized carbons (Fsp3) is 0.448. The van der Waals surface area contributed by atoms with Crippen LogP contribution in [0, 0.1) is 35.1 Å². The van der Waals surface area contributed by atoms with E-state index in [1.54, 1.807) is 19.4 Å². The van der Waals surface area contributed by atoms with Crippen LogP contribution in [-0.2, 0) is 4.79 Å². The molecule has 0 saturated carbocycles. The maximum atomic E-state index is 13.9. The van der Waals surface area contributed by atoms with Gasteiger partial charge in [0.15, 0.2) is 17.5 Å². The minimum atomic E-state index is -1.69. The first-order chi connectivity index (χ1) is 19.2. The third-order valence-corrected chi connectivity index (χ3v) is 8.66. The van der Waals surface area contributed by atoms with Gasteiger partial charge in [0.25, 0.3) is 0 Å². The Balaban J connectivity index is 1.32. The Morgan fingerprint density at radius 2 is 1.95 bits per heavy atom. The summed E-state index contributed by atoms with van der Waals surface area (Å²) in [6, 6.07) is 7.63. The number of pyridine rings is 1. The second-order valence-electron chi connectivity index (χ2n) is 10.1. The van der Waals surface area contributed by atoms with E-state index in [-0.39, 0.29) is 18.3 Å². The van der Waals surface area contributed by atoms with Crippen molar-refractivity contribution in [1.82, 2.24) is 9.88 Å². The third-order valence-electron chi connectivity index (χ3n) is 7.50. The van der Waals surface area contributed by atoms with Crippen molar-refractivity contribution in [2.75, 3.05) is 32.5 Å². The second-order valence-corrected chi connectivity index (χ2v) is 11.2. The van der Waals surface area contributed by atoms with Gasteiger partial charge in [0.1, 0.15) is 11.6 Å². The summed E-state index contributed by atoms with van der Waals surface area (Å²) in [6.07, 6.45) is 3.35. The van der Waals surface area contributed by atoms with E-state index in [1.807, 2.05) is 18.2 Å². The number of piperidine rings is 1. The van der Waals surface area contributed by atoms with Crippen LogP contribution in [0.2, 0.25) is 0 Å². The van der Waals surface area contributed by atoms with E-state index >= 15 is 0 Å². The van der Waals surface area contributed by atoms with E-state index in [1.165, 1.54) is 0 Å². The molecule has 3 aromatic rings. The van der Waals surface area contributed by atoms with Crippen molar-refractivity contribution in [3.63, 3.8) is 0 Å². The zero-order valence-electron chi connectivity index (χ0n) is 22.1. The summed E-state index contributed by atoms with van der Waals surface area (Å²) >= 11 is 0.792. The molecule has 3 atom stereocenters. The number of thioether (sulfide) groups is 1. The van der Waals surface area contributed by atoms with Crippen molar-refractivity contribution in [2.24, 2.45) is 11.8 Å². The largest absolute Gasteiger partial charge is 0.497 e. The second kappa shape index (κ2) is 13.6. The van der Waals surface area contributed by atoms with Gasteiger partial charge in [-0.05, 0) is 86.2 Å². The smallest absolute Gasteiger partial charge is 0.303 e. The lowest BCUT2D eigenvalue weighted by atomic mass is 9.79. The average molecular weight is 581 g/mol.